The predicted molar refractivity (Wildman–Crippen MR) is 70.5 cm³/mol. The van der Waals surface area contributed by atoms with Crippen molar-refractivity contribution in [3.05, 3.63) is 53.1 Å². The van der Waals surface area contributed by atoms with E-state index in [2.05, 4.69) is 51.1 Å². The zero-order valence-electron chi connectivity index (χ0n) is 10.0. The largest absolute Gasteiger partial charge is 0.398 e. The summed E-state index contributed by atoms with van der Waals surface area (Å²) in [7, 11) is 0. The van der Waals surface area contributed by atoms with Crippen molar-refractivity contribution in [1.29, 1.82) is 0 Å². The molecular weight excluding hydrogens is 194 g/mol. The fraction of sp³-hybridized carbons (Fsp3) is 0.200. The number of hydrogen-bond donors (Lipinski definition) is 1. The molecule has 0 saturated carbocycles. The van der Waals surface area contributed by atoms with E-state index in [1.165, 1.54) is 22.3 Å². The fourth-order valence-electron chi connectivity index (χ4n) is 2.04. The first-order valence-electron chi connectivity index (χ1n) is 5.51. The zero-order valence-corrected chi connectivity index (χ0v) is 10.0. The molecule has 0 saturated heterocycles. The van der Waals surface area contributed by atoms with Gasteiger partial charge < -0.3 is 5.73 Å². The van der Waals surface area contributed by atoms with Gasteiger partial charge in [0, 0.05) is 11.3 Å². The Kier molecular flexibility index (Phi) is 2.69. The smallest absolute Gasteiger partial charge is 0.0396 e. The van der Waals surface area contributed by atoms with Crippen molar-refractivity contribution in [2.24, 2.45) is 0 Å². The highest BCUT2D eigenvalue weighted by Crippen LogP contribution is 2.29. The Morgan fingerprint density at radius 1 is 0.750 bits per heavy atom. The molecule has 0 radical (unpaired) electrons. The van der Waals surface area contributed by atoms with E-state index < -0.39 is 0 Å². The first-order chi connectivity index (χ1) is 7.58. The SMILES string of the molecule is Cc1ccc(-c2ccc(C)cc2N)c(C)c1. The third-order valence-electron chi connectivity index (χ3n) is 2.88. The summed E-state index contributed by atoms with van der Waals surface area (Å²) in [5, 5.41) is 0. The molecule has 82 valence electrons. The highest BCUT2D eigenvalue weighted by atomic mass is 14.6. The van der Waals surface area contributed by atoms with Gasteiger partial charge in [0.05, 0.1) is 0 Å². The van der Waals surface area contributed by atoms with Crippen LogP contribution in [0, 0.1) is 20.8 Å². The van der Waals surface area contributed by atoms with Gasteiger partial charge in [0.25, 0.3) is 0 Å². The first-order valence-corrected chi connectivity index (χ1v) is 5.51. The lowest BCUT2D eigenvalue weighted by Crippen LogP contribution is -1.93. The molecular formula is C15H17N. The van der Waals surface area contributed by atoms with Gasteiger partial charge in [0.1, 0.15) is 0 Å². The van der Waals surface area contributed by atoms with Gasteiger partial charge in [-0.15, -0.1) is 0 Å². The van der Waals surface area contributed by atoms with E-state index >= 15 is 0 Å². The normalized spacial score (nSPS) is 10.4. The van der Waals surface area contributed by atoms with E-state index in [0.29, 0.717) is 0 Å². The van der Waals surface area contributed by atoms with Crippen LogP contribution in [0.3, 0.4) is 0 Å². The Morgan fingerprint density at radius 2 is 1.31 bits per heavy atom. The third kappa shape index (κ3) is 1.94. The summed E-state index contributed by atoms with van der Waals surface area (Å²) >= 11 is 0. The van der Waals surface area contributed by atoms with E-state index in [4.69, 9.17) is 5.73 Å². The highest BCUT2D eigenvalue weighted by Gasteiger charge is 2.05. The quantitative estimate of drug-likeness (QED) is 0.712. The molecule has 0 fully saturated rings. The summed E-state index contributed by atoms with van der Waals surface area (Å²) in [5.41, 5.74) is 13.0. The van der Waals surface area contributed by atoms with Crippen LogP contribution in [0.4, 0.5) is 5.69 Å². The van der Waals surface area contributed by atoms with Crippen LogP contribution >= 0.6 is 0 Å². The van der Waals surface area contributed by atoms with Gasteiger partial charge in [-0.05, 0) is 43.5 Å². The molecule has 16 heavy (non-hydrogen) atoms. The van der Waals surface area contributed by atoms with Crippen LogP contribution in [-0.4, -0.2) is 0 Å². The highest BCUT2D eigenvalue weighted by molar-refractivity contribution is 5.79. The van der Waals surface area contributed by atoms with Crippen LogP contribution in [0.1, 0.15) is 16.7 Å². The second-order valence-corrected chi connectivity index (χ2v) is 4.41. The van der Waals surface area contributed by atoms with Crippen LogP contribution in [0.25, 0.3) is 11.1 Å². The summed E-state index contributed by atoms with van der Waals surface area (Å²) in [5.74, 6) is 0. The fourth-order valence-corrected chi connectivity index (χ4v) is 2.04. The molecule has 1 nitrogen and oxygen atoms in total. The summed E-state index contributed by atoms with van der Waals surface area (Å²) in [4.78, 5) is 0. The number of nitrogens with two attached hydrogens (primary N) is 1. The summed E-state index contributed by atoms with van der Waals surface area (Å²) in [6.45, 7) is 6.29. The third-order valence-corrected chi connectivity index (χ3v) is 2.88. The van der Waals surface area contributed by atoms with E-state index in [1.54, 1.807) is 0 Å². The van der Waals surface area contributed by atoms with Gasteiger partial charge in [0.15, 0.2) is 0 Å². The molecule has 0 heterocycles. The van der Waals surface area contributed by atoms with Crippen LogP contribution in [-0.2, 0) is 0 Å². The maximum Gasteiger partial charge on any atom is 0.0396 e. The van der Waals surface area contributed by atoms with Gasteiger partial charge in [0.2, 0.25) is 0 Å². The van der Waals surface area contributed by atoms with Crippen molar-refractivity contribution in [1.82, 2.24) is 0 Å². The van der Waals surface area contributed by atoms with Crippen LogP contribution < -0.4 is 5.73 Å². The number of benzene rings is 2. The van der Waals surface area contributed by atoms with Crippen molar-refractivity contribution in [3.63, 3.8) is 0 Å². The lowest BCUT2D eigenvalue weighted by Gasteiger charge is -2.10. The average Bonchev–Trinajstić information content (AvgIpc) is 2.19. The zero-order chi connectivity index (χ0) is 11.7. The van der Waals surface area contributed by atoms with E-state index in [0.717, 1.165) is 11.3 Å². The number of rotatable bonds is 1. The molecule has 0 aliphatic heterocycles. The Balaban J connectivity index is 2.59. The summed E-state index contributed by atoms with van der Waals surface area (Å²) < 4.78 is 0. The average molecular weight is 211 g/mol. The molecule has 0 amide bonds. The lowest BCUT2D eigenvalue weighted by atomic mass is 9.96. The predicted octanol–water partition coefficient (Wildman–Crippen LogP) is 3.86. The molecule has 0 bridgehead atoms. The first kappa shape index (κ1) is 10.7. The van der Waals surface area contributed by atoms with Crippen LogP contribution in [0.2, 0.25) is 0 Å². The maximum absolute atomic E-state index is 6.06. The minimum atomic E-state index is 0.854. The minimum absolute atomic E-state index is 0.854. The summed E-state index contributed by atoms with van der Waals surface area (Å²) in [6, 6.07) is 12.7. The molecule has 2 aromatic carbocycles. The lowest BCUT2D eigenvalue weighted by molar-refractivity contribution is 1.38. The molecule has 0 atom stereocenters. The Hall–Kier alpha value is -1.76. The van der Waals surface area contributed by atoms with Gasteiger partial charge in [-0.2, -0.15) is 0 Å². The molecule has 0 unspecified atom stereocenters. The molecule has 2 N–H and O–H groups in total. The maximum atomic E-state index is 6.06. The Labute approximate surface area is 96.9 Å². The van der Waals surface area contributed by atoms with Crippen LogP contribution in [0.15, 0.2) is 36.4 Å². The molecule has 0 aliphatic carbocycles. The van der Waals surface area contributed by atoms with Gasteiger partial charge >= 0.3 is 0 Å². The van der Waals surface area contributed by atoms with E-state index in [-0.39, 0.29) is 0 Å². The molecule has 0 aromatic heterocycles. The molecule has 1 heteroatoms. The standard InChI is InChI=1S/C15H17N/c1-10-4-6-13(12(3)8-10)14-7-5-11(2)9-15(14)16/h4-9H,16H2,1-3H3. The topological polar surface area (TPSA) is 26.0 Å². The van der Waals surface area contributed by atoms with Crippen molar-refractivity contribution in [3.8, 4) is 11.1 Å². The molecule has 0 aliphatic rings. The Bertz CT molecular complexity index is 477. The molecule has 0 spiro atoms. The number of nitrogen functional groups attached to an aromatic ring is 1. The molecule has 2 rings (SSSR count). The van der Waals surface area contributed by atoms with Gasteiger partial charge in [-0.1, -0.05) is 35.9 Å². The van der Waals surface area contributed by atoms with Gasteiger partial charge in [-0.25, -0.2) is 0 Å². The minimum Gasteiger partial charge on any atom is -0.398 e. The van der Waals surface area contributed by atoms with E-state index in [1.807, 2.05) is 6.07 Å². The van der Waals surface area contributed by atoms with Crippen molar-refractivity contribution in [2.75, 3.05) is 5.73 Å². The van der Waals surface area contributed by atoms with Gasteiger partial charge in [-0.3, -0.25) is 0 Å². The number of aryl methyl sites for hydroxylation is 3. The Morgan fingerprint density at radius 3 is 1.88 bits per heavy atom. The second kappa shape index (κ2) is 4.01. The van der Waals surface area contributed by atoms with Crippen LogP contribution in [0.5, 0.6) is 0 Å². The van der Waals surface area contributed by atoms with Crippen molar-refractivity contribution >= 4 is 5.69 Å². The molecule has 2 aromatic rings. The van der Waals surface area contributed by atoms with E-state index in [9.17, 15) is 0 Å². The monoisotopic (exact) mass is 211 g/mol. The van der Waals surface area contributed by atoms with Crippen molar-refractivity contribution < 1.29 is 0 Å². The number of hydrogen-bond acceptors (Lipinski definition) is 1. The number of anilines is 1. The summed E-state index contributed by atoms with van der Waals surface area (Å²) in [6.07, 6.45) is 0. The second-order valence-electron chi connectivity index (χ2n) is 4.41. The van der Waals surface area contributed by atoms with Crippen molar-refractivity contribution in [2.45, 2.75) is 20.8 Å².